The Bertz CT molecular complexity index is 1080. The maximum atomic E-state index is 12.5. The summed E-state index contributed by atoms with van der Waals surface area (Å²) in [5, 5.41) is 5.35. The molecule has 0 bridgehead atoms. The molecule has 5 nitrogen and oxygen atoms in total. The third kappa shape index (κ3) is 3.23. The smallest absolute Gasteiger partial charge is 0.277 e. The molecule has 4 aromatic rings. The summed E-state index contributed by atoms with van der Waals surface area (Å²) in [6.45, 7) is 4.13. The zero-order valence-electron chi connectivity index (χ0n) is 14.6. The van der Waals surface area contributed by atoms with E-state index in [0.717, 1.165) is 28.9 Å². The number of carbonyl (C=O) groups excluding carboxylic acids is 1. The molecule has 1 N–H and O–H groups in total. The molecule has 0 fully saturated rings. The highest BCUT2D eigenvalue weighted by molar-refractivity contribution is 7.14. The van der Waals surface area contributed by atoms with Crippen LogP contribution in [0.5, 0.6) is 0 Å². The number of imidazole rings is 1. The molecule has 0 saturated carbocycles. The number of amides is 1. The van der Waals surface area contributed by atoms with Gasteiger partial charge in [0.2, 0.25) is 0 Å². The van der Waals surface area contributed by atoms with Crippen molar-refractivity contribution in [3.8, 4) is 11.3 Å². The summed E-state index contributed by atoms with van der Waals surface area (Å²) in [7, 11) is 0. The Morgan fingerprint density at radius 3 is 2.77 bits per heavy atom. The summed E-state index contributed by atoms with van der Waals surface area (Å²) in [5.74, 6) is -0.256. The highest BCUT2D eigenvalue weighted by Crippen LogP contribution is 2.25. The first kappa shape index (κ1) is 16.5. The Kier molecular flexibility index (Phi) is 4.26. The van der Waals surface area contributed by atoms with E-state index in [2.05, 4.69) is 46.5 Å². The summed E-state index contributed by atoms with van der Waals surface area (Å²) in [6.07, 6.45) is 4.63. The number of nitrogens with one attached hydrogen (secondary N) is 1. The van der Waals surface area contributed by atoms with E-state index in [4.69, 9.17) is 0 Å². The minimum atomic E-state index is -0.256. The lowest BCUT2D eigenvalue weighted by molar-refractivity contribution is 0.102. The van der Waals surface area contributed by atoms with Crippen molar-refractivity contribution >= 4 is 28.0 Å². The van der Waals surface area contributed by atoms with Gasteiger partial charge >= 0.3 is 0 Å². The van der Waals surface area contributed by atoms with E-state index in [-0.39, 0.29) is 5.91 Å². The Morgan fingerprint density at radius 1 is 1.19 bits per heavy atom. The molecule has 1 aromatic carbocycles. The number of benzene rings is 1. The number of pyridine rings is 1. The van der Waals surface area contributed by atoms with Crippen LogP contribution < -0.4 is 5.32 Å². The minimum Gasteiger partial charge on any atom is -0.306 e. The monoisotopic (exact) mass is 362 g/mol. The zero-order chi connectivity index (χ0) is 18.1. The molecule has 130 valence electrons. The van der Waals surface area contributed by atoms with Crippen LogP contribution in [0.25, 0.3) is 16.9 Å². The van der Waals surface area contributed by atoms with Crippen LogP contribution in [0, 0.1) is 6.92 Å². The lowest BCUT2D eigenvalue weighted by Crippen LogP contribution is -2.12. The van der Waals surface area contributed by atoms with Crippen LogP contribution in [0.1, 0.15) is 28.5 Å². The van der Waals surface area contributed by atoms with Crippen LogP contribution in [-0.4, -0.2) is 20.3 Å². The largest absolute Gasteiger partial charge is 0.306 e. The SMILES string of the molecule is CCc1ccc(-c2csc(NC(=O)c3cn4ccc(C)cc4n3)n2)cc1. The van der Waals surface area contributed by atoms with Gasteiger partial charge in [-0.3, -0.25) is 10.1 Å². The van der Waals surface area contributed by atoms with Crippen LogP contribution in [-0.2, 0) is 6.42 Å². The second-order valence-corrected chi connectivity index (χ2v) is 7.00. The first-order chi connectivity index (χ1) is 12.6. The molecule has 0 spiro atoms. The molecule has 3 heterocycles. The lowest BCUT2D eigenvalue weighted by Gasteiger charge is -2.00. The number of nitrogens with zero attached hydrogens (tertiary/aromatic N) is 3. The number of hydrogen-bond donors (Lipinski definition) is 1. The molecule has 0 atom stereocenters. The number of fused-ring (bicyclic) bond motifs is 1. The fraction of sp³-hybridized carbons (Fsp3) is 0.150. The van der Waals surface area contributed by atoms with Gasteiger partial charge in [-0.25, -0.2) is 9.97 Å². The van der Waals surface area contributed by atoms with E-state index >= 15 is 0 Å². The van der Waals surface area contributed by atoms with Gasteiger partial charge in [0.25, 0.3) is 5.91 Å². The number of hydrogen-bond acceptors (Lipinski definition) is 4. The topological polar surface area (TPSA) is 59.3 Å². The van der Waals surface area contributed by atoms with Crippen LogP contribution in [0.2, 0.25) is 0 Å². The van der Waals surface area contributed by atoms with Crippen molar-refractivity contribution in [1.29, 1.82) is 0 Å². The fourth-order valence-corrected chi connectivity index (χ4v) is 3.44. The Labute approximate surface area is 155 Å². The predicted octanol–water partition coefficient (Wildman–Crippen LogP) is 4.58. The molecule has 0 aliphatic rings. The van der Waals surface area contributed by atoms with E-state index in [1.165, 1.54) is 16.9 Å². The average molecular weight is 362 g/mol. The molecule has 6 heteroatoms. The van der Waals surface area contributed by atoms with E-state index in [1.54, 1.807) is 6.20 Å². The Balaban J connectivity index is 1.53. The molecule has 0 saturated heterocycles. The van der Waals surface area contributed by atoms with Crippen molar-refractivity contribution in [2.45, 2.75) is 20.3 Å². The maximum absolute atomic E-state index is 12.5. The molecule has 3 aromatic heterocycles. The number of thiazole rings is 1. The summed E-state index contributed by atoms with van der Waals surface area (Å²) >= 11 is 1.41. The molecular formula is C20H18N4OS. The average Bonchev–Trinajstić information content (AvgIpc) is 3.28. The van der Waals surface area contributed by atoms with Crippen molar-refractivity contribution in [1.82, 2.24) is 14.4 Å². The maximum Gasteiger partial charge on any atom is 0.277 e. The normalized spacial score (nSPS) is 11.0. The van der Waals surface area contributed by atoms with Gasteiger partial charge in [0.05, 0.1) is 5.69 Å². The molecule has 0 aliphatic heterocycles. The van der Waals surface area contributed by atoms with E-state index in [0.29, 0.717) is 10.8 Å². The van der Waals surface area contributed by atoms with Crippen LogP contribution >= 0.6 is 11.3 Å². The third-order valence-corrected chi connectivity index (χ3v) is 4.99. The van der Waals surface area contributed by atoms with Gasteiger partial charge in [-0.1, -0.05) is 31.2 Å². The summed E-state index contributed by atoms with van der Waals surface area (Å²) in [5.41, 5.74) is 5.43. The van der Waals surface area contributed by atoms with Crippen molar-refractivity contribution in [2.75, 3.05) is 5.32 Å². The standard InChI is InChI=1S/C20H18N4OS/c1-3-14-4-6-15(7-5-14)17-12-26-20(22-17)23-19(25)16-11-24-9-8-13(2)10-18(24)21-16/h4-12H,3H2,1-2H3,(H,22,23,25). The minimum absolute atomic E-state index is 0.256. The predicted molar refractivity (Wildman–Crippen MR) is 105 cm³/mol. The number of anilines is 1. The zero-order valence-corrected chi connectivity index (χ0v) is 15.4. The molecule has 1 amide bonds. The van der Waals surface area contributed by atoms with Gasteiger partial charge in [0.15, 0.2) is 5.13 Å². The first-order valence-electron chi connectivity index (χ1n) is 8.44. The molecular weight excluding hydrogens is 344 g/mol. The van der Waals surface area contributed by atoms with Crippen LogP contribution in [0.15, 0.2) is 54.2 Å². The molecule has 4 rings (SSSR count). The van der Waals surface area contributed by atoms with Crippen molar-refractivity contribution in [3.63, 3.8) is 0 Å². The van der Waals surface area contributed by atoms with E-state index in [1.807, 2.05) is 35.0 Å². The van der Waals surface area contributed by atoms with Crippen LogP contribution in [0.4, 0.5) is 5.13 Å². The molecule has 0 unspecified atom stereocenters. The van der Waals surface area contributed by atoms with E-state index in [9.17, 15) is 4.79 Å². The second kappa shape index (κ2) is 6.72. The first-order valence-corrected chi connectivity index (χ1v) is 9.32. The lowest BCUT2D eigenvalue weighted by atomic mass is 10.1. The highest BCUT2D eigenvalue weighted by Gasteiger charge is 2.13. The van der Waals surface area contributed by atoms with Crippen molar-refractivity contribution < 1.29 is 4.79 Å². The summed E-state index contributed by atoms with van der Waals surface area (Å²) in [6, 6.07) is 12.2. The Hall–Kier alpha value is -2.99. The van der Waals surface area contributed by atoms with Gasteiger partial charge < -0.3 is 4.40 Å². The van der Waals surface area contributed by atoms with Gasteiger partial charge in [-0.05, 0) is 36.6 Å². The van der Waals surface area contributed by atoms with Gasteiger partial charge in [0, 0.05) is 23.3 Å². The van der Waals surface area contributed by atoms with Gasteiger partial charge in [-0.15, -0.1) is 11.3 Å². The van der Waals surface area contributed by atoms with E-state index < -0.39 is 0 Å². The van der Waals surface area contributed by atoms with Crippen LogP contribution in [0.3, 0.4) is 0 Å². The fourth-order valence-electron chi connectivity index (χ4n) is 2.73. The molecule has 26 heavy (non-hydrogen) atoms. The third-order valence-electron chi connectivity index (χ3n) is 4.23. The van der Waals surface area contributed by atoms with Gasteiger partial charge in [0.1, 0.15) is 11.3 Å². The quantitative estimate of drug-likeness (QED) is 0.578. The molecule has 0 aliphatic carbocycles. The highest BCUT2D eigenvalue weighted by atomic mass is 32.1. The number of rotatable bonds is 4. The molecule has 0 radical (unpaired) electrons. The number of carbonyl (C=O) groups is 1. The van der Waals surface area contributed by atoms with Crippen molar-refractivity contribution in [3.05, 3.63) is 71.0 Å². The Morgan fingerprint density at radius 2 is 2.00 bits per heavy atom. The van der Waals surface area contributed by atoms with Crippen molar-refractivity contribution in [2.24, 2.45) is 0 Å². The number of aryl methyl sites for hydroxylation is 2. The number of aromatic nitrogens is 3. The van der Waals surface area contributed by atoms with Gasteiger partial charge in [-0.2, -0.15) is 0 Å². The second-order valence-electron chi connectivity index (χ2n) is 6.14. The summed E-state index contributed by atoms with van der Waals surface area (Å²) in [4.78, 5) is 21.4. The summed E-state index contributed by atoms with van der Waals surface area (Å²) < 4.78 is 1.84.